The molecule has 34 heavy (non-hydrogen) atoms. The number of hydrogen-bond donors (Lipinski definition) is 4. The number of anilines is 1. The van der Waals surface area contributed by atoms with Crippen molar-refractivity contribution >= 4 is 44.5 Å². The van der Waals surface area contributed by atoms with Gasteiger partial charge >= 0.3 is 6.03 Å². The molecule has 1 atom stereocenters. The lowest BCUT2D eigenvalue weighted by Crippen LogP contribution is -2.37. The molecule has 10 heteroatoms. The molecular weight excluding hydrogens is 452 g/mol. The summed E-state index contributed by atoms with van der Waals surface area (Å²) in [7, 11) is 0. The molecule has 4 N–H and O–H groups in total. The summed E-state index contributed by atoms with van der Waals surface area (Å²) in [6, 6.07) is -0.123. The summed E-state index contributed by atoms with van der Waals surface area (Å²) >= 11 is 1.38. The molecule has 0 aliphatic carbocycles. The van der Waals surface area contributed by atoms with Gasteiger partial charge in [0, 0.05) is 62.6 Å². The highest BCUT2D eigenvalue weighted by Crippen LogP contribution is 2.40. The molecule has 2 aromatic heterocycles. The number of aliphatic hydroxyl groups excluding tert-OH is 1. The highest BCUT2D eigenvalue weighted by molar-refractivity contribution is 7.22. The van der Waals surface area contributed by atoms with Crippen LogP contribution in [0.15, 0.2) is 18.6 Å². The third-order valence-corrected chi connectivity index (χ3v) is 7.78. The van der Waals surface area contributed by atoms with E-state index < -0.39 is 6.10 Å². The van der Waals surface area contributed by atoms with E-state index in [1.54, 1.807) is 18.6 Å². The Balaban J connectivity index is 1.43. The van der Waals surface area contributed by atoms with Crippen molar-refractivity contribution in [2.75, 3.05) is 38.2 Å². The maximum atomic E-state index is 12.9. The second-order valence-corrected chi connectivity index (χ2v) is 10.2. The van der Waals surface area contributed by atoms with Gasteiger partial charge in [0.05, 0.1) is 17.0 Å². The standard InChI is InChI=1S/C24H34N6O3S/c1-2-3-4-18(31)13-26-12-17(11-25)19-14-27-15-20-21(19)34-22(28-20)29-23(32)30-8-5-24(16-30)6-9-33-10-7-24/h11-12,14-15,18,25-26,31H,2-10,13,16H2,1H3,(H,28,29,32)/b17-12+,25-11?/t18-/m1/s1. The Kier molecular flexibility index (Phi) is 8.12. The van der Waals surface area contributed by atoms with Crippen LogP contribution in [0.1, 0.15) is 51.0 Å². The molecule has 2 aromatic rings. The zero-order chi connectivity index (χ0) is 24.0. The Hall–Kier alpha value is -2.56. The number of fused-ring (bicyclic) bond motifs is 1. The summed E-state index contributed by atoms with van der Waals surface area (Å²) in [6.45, 7) is 5.59. The molecule has 0 radical (unpaired) electrons. The highest BCUT2D eigenvalue weighted by Gasteiger charge is 2.41. The molecule has 0 aromatic carbocycles. The number of allylic oxidation sites excluding steroid dienone is 1. The first-order chi connectivity index (χ1) is 16.5. The van der Waals surface area contributed by atoms with Crippen molar-refractivity contribution in [3.8, 4) is 0 Å². The van der Waals surface area contributed by atoms with E-state index in [2.05, 4.69) is 27.5 Å². The number of unbranched alkanes of at least 4 members (excludes halogenated alkanes) is 1. The topological polar surface area (TPSA) is 123 Å². The summed E-state index contributed by atoms with van der Waals surface area (Å²) in [6.07, 6.45) is 11.8. The minimum Gasteiger partial charge on any atom is -0.391 e. The Morgan fingerprint density at radius 2 is 2.21 bits per heavy atom. The Bertz CT molecular complexity index is 1030. The SMILES string of the molecule is CCCC[C@@H](O)CN/C=C(\C=N)c1cncc2nc(NC(=O)N3CCC4(CCOCC4)C3)sc12. The van der Waals surface area contributed by atoms with E-state index in [1.807, 2.05) is 4.90 Å². The molecule has 184 valence electrons. The summed E-state index contributed by atoms with van der Waals surface area (Å²) < 4.78 is 6.36. The number of thiazole rings is 1. The van der Waals surface area contributed by atoms with E-state index in [0.717, 1.165) is 75.1 Å². The first-order valence-corrected chi connectivity index (χ1v) is 12.9. The number of aromatic nitrogens is 2. The van der Waals surface area contributed by atoms with Crippen LogP contribution in [0.4, 0.5) is 9.93 Å². The van der Waals surface area contributed by atoms with Crippen LogP contribution in [0.3, 0.4) is 0 Å². The number of pyridine rings is 1. The van der Waals surface area contributed by atoms with Crippen LogP contribution >= 0.6 is 11.3 Å². The van der Waals surface area contributed by atoms with Crippen molar-refractivity contribution in [1.29, 1.82) is 5.41 Å². The lowest BCUT2D eigenvalue weighted by molar-refractivity contribution is 0.0211. The maximum absolute atomic E-state index is 12.9. The van der Waals surface area contributed by atoms with Gasteiger partial charge in [0.15, 0.2) is 5.13 Å². The number of ether oxygens (including phenoxy) is 1. The van der Waals surface area contributed by atoms with Crippen LogP contribution < -0.4 is 10.6 Å². The minimum atomic E-state index is -0.423. The summed E-state index contributed by atoms with van der Waals surface area (Å²) in [4.78, 5) is 23.7. The first kappa shape index (κ1) is 24.6. The predicted octanol–water partition coefficient (Wildman–Crippen LogP) is 3.86. The second-order valence-electron chi connectivity index (χ2n) is 9.22. The van der Waals surface area contributed by atoms with Crippen LogP contribution in [-0.2, 0) is 4.74 Å². The summed E-state index contributed by atoms with van der Waals surface area (Å²) in [5.74, 6) is 0. The second kappa shape index (κ2) is 11.2. The quantitative estimate of drug-likeness (QED) is 0.399. The van der Waals surface area contributed by atoms with Crippen molar-refractivity contribution in [1.82, 2.24) is 20.2 Å². The van der Waals surface area contributed by atoms with Gasteiger partial charge in [-0.25, -0.2) is 9.78 Å². The minimum absolute atomic E-state index is 0.123. The lowest BCUT2D eigenvalue weighted by Gasteiger charge is -2.33. The lowest BCUT2D eigenvalue weighted by atomic mass is 9.80. The fourth-order valence-electron chi connectivity index (χ4n) is 4.65. The molecular formula is C24H34N6O3S. The number of likely N-dealkylation sites (tertiary alicyclic amines) is 1. The van der Waals surface area contributed by atoms with Crippen LogP contribution in [0, 0.1) is 10.8 Å². The van der Waals surface area contributed by atoms with Gasteiger partial charge in [0.25, 0.3) is 0 Å². The van der Waals surface area contributed by atoms with Gasteiger partial charge < -0.3 is 25.5 Å². The van der Waals surface area contributed by atoms with Crippen molar-refractivity contribution in [2.45, 2.75) is 51.6 Å². The zero-order valence-electron chi connectivity index (χ0n) is 19.7. The number of carbonyl (C=O) groups is 1. The Morgan fingerprint density at radius 3 is 2.97 bits per heavy atom. The molecule has 2 aliphatic heterocycles. The molecule has 4 rings (SSSR count). The molecule has 0 unspecified atom stereocenters. The van der Waals surface area contributed by atoms with E-state index in [9.17, 15) is 9.90 Å². The molecule has 9 nitrogen and oxygen atoms in total. The molecule has 2 fully saturated rings. The van der Waals surface area contributed by atoms with E-state index in [4.69, 9.17) is 10.1 Å². The number of nitrogens with zero attached hydrogens (tertiary/aromatic N) is 3. The van der Waals surface area contributed by atoms with Gasteiger partial charge in [0.1, 0.15) is 5.52 Å². The van der Waals surface area contributed by atoms with Crippen LogP contribution in [0.2, 0.25) is 0 Å². The van der Waals surface area contributed by atoms with Crippen molar-refractivity contribution in [3.63, 3.8) is 0 Å². The number of urea groups is 1. The van der Waals surface area contributed by atoms with Gasteiger partial charge in [0.2, 0.25) is 0 Å². The predicted molar refractivity (Wildman–Crippen MR) is 135 cm³/mol. The number of carbonyl (C=O) groups excluding carboxylic acids is 1. The van der Waals surface area contributed by atoms with E-state index in [1.165, 1.54) is 17.6 Å². The Morgan fingerprint density at radius 1 is 1.38 bits per heavy atom. The van der Waals surface area contributed by atoms with Gasteiger partial charge in [-0.05, 0) is 31.1 Å². The highest BCUT2D eigenvalue weighted by atomic mass is 32.1. The average Bonchev–Trinajstić information content (AvgIpc) is 3.45. The molecule has 2 saturated heterocycles. The van der Waals surface area contributed by atoms with Gasteiger partial charge in [-0.15, -0.1) is 0 Å². The zero-order valence-corrected chi connectivity index (χ0v) is 20.5. The van der Waals surface area contributed by atoms with E-state index >= 15 is 0 Å². The third-order valence-electron chi connectivity index (χ3n) is 6.76. The normalized spacial score (nSPS) is 18.9. The number of hydrogen-bond acceptors (Lipinski definition) is 8. The first-order valence-electron chi connectivity index (χ1n) is 12.0. The number of amides is 2. The smallest absolute Gasteiger partial charge is 0.323 e. The van der Waals surface area contributed by atoms with E-state index in [0.29, 0.717) is 22.8 Å². The summed E-state index contributed by atoms with van der Waals surface area (Å²) in [5, 5.41) is 24.5. The van der Waals surface area contributed by atoms with Crippen molar-refractivity contribution in [2.24, 2.45) is 5.41 Å². The number of nitrogens with one attached hydrogen (secondary N) is 3. The molecule has 4 heterocycles. The van der Waals surface area contributed by atoms with Crippen molar-refractivity contribution in [3.05, 3.63) is 24.2 Å². The van der Waals surface area contributed by atoms with Crippen LogP contribution in [-0.4, -0.2) is 71.2 Å². The molecule has 0 saturated carbocycles. The van der Waals surface area contributed by atoms with Crippen LogP contribution in [0.25, 0.3) is 15.8 Å². The van der Waals surface area contributed by atoms with Crippen molar-refractivity contribution < 1.29 is 14.6 Å². The van der Waals surface area contributed by atoms with Gasteiger partial charge in [-0.2, -0.15) is 0 Å². The van der Waals surface area contributed by atoms with Gasteiger partial charge in [-0.1, -0.05) is 31.1 Å². The fraction of sp³-hybridized carbons (Fsp3) is 0.583. The number of rotatable bonds is 9. The molecule has 2 aliphatic rings. The largest absolute Gasteiger partial charge is 0.391 e. The monoisotopic (exact) mass is 486 g/mol. The third kappa shape index (κ3) is 5.73. The maximum Gasteiger partial charge on any atom is 0.323 e. The summed E-state index contributed by atoms with van der Waals surface area (Å²) in [5.41, 5.74) is 2.28. The average molecular weight is 487 g/mol. The number of aliphatic hydroxyl groups is 1. The molecule has 0 bridgehead atoms. The molecule has 2 amide bonds. The van der Waals surface area contributed by atoms with E-state index in [-0.39, 0.29) is 11.4 Å². The van der Waals surface area contributed by atoms with Crippen LogP contribution in [0.5, 0.6) is 0 Å². The molecule has 1 spiro atoms. The van der Waals surface area contributed by atoms with Gasteiger partial charge in [-0.3, -0.25) is 10.3 Å². The Labute approximate surface area is 204 Å². The fourth-order valence-corrected chi connectivity index (χ4v) is 5.61.